The first-order valence-corrected chi connectivity index (χ1v) is 5.54. The molecule has 0 unspecified atom stereocenters. The third kappa shape index (κ3) is 2.65. The smallest absolute Gasteiger partial charge is 0.254 e. The zero-order valence-corrected chi connectivity index (χ0v) is 10.1. The van der Waals surface area contributed by atoms with E-state index in [2.05, 4.69) is 10.3 Å². The minimum Gasteiger partial charge on any atom is -0.353 e. The number of pyridine rings is 1. The molecule has 4 nitrogen and oxygen atoms in total. The minimum atomic E-state index is -0.218. The molecule has 0 radical (unpaired) electrons. The molecule has 2 aromatic rings. The fourth-order valence-corrected chi connectivity index (χ4v) is 1.68. The van der Waals surface area contributed by atoms with E-state index in [1.807, 2.05) is 29.9 Å². The third-order valence-corrected chi connectivity index (χ3v) is 2.82. The lowest BCUT2D eigenvalue weighted by molar-refractivity contribution is 0.0950. The van der Waals surface area contributed by atoms with E-state index in [1.54, 1.807) is 12.3 Å². The molecule has 2 aromatic heterocycles. The lowest BCUT2D eigenvalue weighted by Crippen LogP contribution is -2.24. The van der Waals surface area contributed by atoms with E-state index in [9.17, 15) is 4.79 Å². The van der Waals surface area contributed by atoms with E-state index in [-0.39, 0.29) is 5.91 Å². The van der Waals surface area contributed by atoms with Gasteiger partial charge in [-0.2, -0.15) is 0 Å². The molecular formula is C12H12ClN3O. The summed E-state index contributed by atoms with van der Waals surface area (Å²) in [4.78, 5) is 15.7. The van der Waals surface area contributed by atoms with Gasteiger partial charge in [0.25, 0.3) is 5.91 Å². The zero-order chi connectivity index (χ0) is 12.3. The molecule has 88 valence electrons. The van der Waals surface area contributed by atoms with Crippen LogP contribution in [0.5, 0.6) is 0 Å². The predicted octanol–water partition coefficient (Wildman–Crippen LogP) is 2.00. The van der Waals surface area contributed by atoms with Crippen LogP contribution >= 0.6 is 11.6 Å². The number of hydrogen-bond acceptors (Lipinski definition) is 2. The van der Waals surface area contributed by atoms with E-state index >= 15 is 0 Å². The standard InChI is InChI=1S/C12H12ClN3O/c1-16-6-2-3-9(16)7-15-12(17)10-8-14-5-4-11(10)13/h2-6,8H,7H2,1H3,(H,15,17). The molecule has 0 aliphatic heterocycles. The Balaban J connectivity index is 2.04. The molecule has 0 aliphatic rings. The normalized spacial score (nSPS) is 10.2. The van der Waals surface area contributed by atoms with Crippen molar-refractivity contribution >= 4 is 17.5 Å². The van der Waals surface area contributed by atoms with Gasteiger partial charge < -0.3 is 9.88 Å². The van der Waals surface area contributed by atoms with Crippen molar-refractivity contribution in [3.8, 4) is 0 Å². The van der Waals surface area contributed by atoms with Gasteiger partial charge >= 0.3 is 0 Å². The van der Waals surface area contributed by atoms with Crippen molar-refractivity contribution < 1.29 is 4.79 Å². The average Bonchev–Trinajstić information content (AvgIpc) is 2.72. The second-order valence-corrected chi connectivity index (χ2v) is 4.06. The van der Waals surface area contributed by atoms with Crippen LogP contribution in [0.3, 0.4) is 0 Å². The number of nitrogens with one attached hydrogen (secondary N) is 1. The molecule has 0 bridgehead atoms. The van der Waals surface area contributed by atoms with E-state index in [0.29, 0.717) is 17.1 Å². The van der Waals surface area contributed by atoms with Crippen LogP contribution in [0.25, 0.3) is 0 Å². The maximum Gasteiger partial charge on any atom is 0.254 e. The molecule has 2 rings (SSSR count). The van der Waals surface area contributed by atoms with Crippen LogP contribution in [-0.2, 0) is 13.6 Å². The van der Waals surface area contributed by atoms with E-state index in [4.69, 9.17) is 11.6 Å². The summed E-state index contributed by atoms with van der Waals surface area (Å²) >= 11 is 5.90. The van der Waals surface area contributed by atoms with Crippen molar-refractivity contribution in [2.45, 2.75) is 6.54 Å². The largest absolute Gasteiger partial charge is 0.353 e. The fraction of sp³-hybridized carbons (Fsp3) is 0.167. The molecule has 0 saturated carbocycles. The molecule has 0 fully saturated rings. The zero-order valence-electron chi connectivity index (χ0n) is 9.35. The van der Waals surface area contributed by atoms with Crippen LogP contribution in [0.1, 0.15) is 16.1 Å². The van der Waals surface area contributed by atoms with Gasteiger partial charge in [0.1, 0.15) is 0 Å². The Kier molecular flexibility index (Phi) is 3.44. The van der Waals surface area contributed by atoms with Crippen molar-refractivity contribution in [3.05, 3.63) is 53.1 Å². The number of halogens is 1. The maximum absolute atomic E-state index is 11.8. The van der Waals surface area contributed by atoms with E-state index < -0.39 is 0 Å². The Labute approximate surface area is 104 Å². The average molecular weight is 250 g/mol. The summed E-state index contributed by atoms with van der Waals surface area (Å²) in [6, 6.07) is 5.47. The lowest BCUT2D eigenvalue weighted by atomic mass is 10.2. The molecular weight excluding hydrogens is 238 g/mol. The summed E-state index contributed by atoms with van der Waals surface area (Å²) in [6.45, 7) is 0.466. The summed E-state index contributed by atoms with van der Waals surface area (Å²) < 4.78 is 1.95. The Morgan fingerprint density at radius 2 is 2.35 bits per heavy atom. The van der Waals surface area contributed by atoms with E-state index in [1.165, 1.54) is 6.20 Å². The monoisotopic (exact) mass is 249 g/mol. The van der Waals surface area contributed by atoms with Crippen molar-refractivity contribution in [2.24, 2.45) is 7.05 Å². The molecule has 0 aromatic carbocycles. The summed E-state index contributed by atoms with van der Waals surface area (Å²) in [5, 5.41) is 3.21. The van der Waals surface area contributed by atoms with Crippen molar-refractivity contribution in [1.29, 1.82) is 0 Å². The van der Waals surface area contributed by atoms with Gasteiger partial charge in [-0.15, -0.1) is 0 Å². The number of carbonyl (C=O) groups is 1. The molecule has 2 heterocycles. The SMILES string of the molecule is Cn1cccc1CNC(=O)c1cnccc1Cl. The number of aryl methyl sites for hydroxylation is 1. The molecule has 0 saturated heterocycles. The van der Waals surface area contributed by atoms with Gasteiger partial charge in [0.2, 0.25) is 0 Å². The molecule has 1 amide bonds. The number of amides is 1. The Morgan fingerprint density at radius 3 is 3.00 bits per heavy atom. The lowest BCUT2D eigenvalue weighted by Gasteiger charge is -2.07. The Hall–Kier alpha value is -1.81. The van der Waals surface area contributed by atoms with Gasteiger partial charge in [-0.3, -0.25) is 9.78 Å². The van der Waals surface area contributed by atoms with E-state index in [0.717, 1.165) is 5.69 Å². The first-order chi connectivity index (χ1) is 8.18. The van der Waals surface area contributed by atoms with Gasteiger partial charge in [0.15, 0.2) is 0 Å². The third-order valence-electron chi connectivity index (χ3n) is 2.49. The second kappa shape index (κ2) is 5.01. The highest BCUT2D eigenvalue weighted by atomic mass is 35.5. The molecule has 0 aliphatic carbocycles. The topological polar surface area (TPSA) is 46.9 Å². The molecule has 1 N–H and O–H groups in total. The quantitative estimate of drug-likeness (QED) is 0.905. The van der Waals surface area contributed by atoms with Gasteiger partial charge in [-0.25, -0.2) is 0 Å². The number of nitrogens with zero attached hydrogens (tertiary/aromatic N) is 2. The van der Waals surface area contributed by atoms with Crippen LogP contribution in [0.15, 0.2) is 36.8 Å². The highest BCUT2D eigenvalue weighted by Crippen LogP contribution is 2.13. The fourth-order valence-electron chi connectivity index (χ4n) is 1.49. The number of carbonyl (C=O) groups excluding carboxylic acids is 1. The van der Waals surface area contributed by atoms with Crippen LogP contribution in [-0.4, -0.2) is 15.5 Å². The summed E-state index contributed by atoms with van der Waals surface area (Å²) in [5.41, 5.74) is 1.42. The van der Waals surface area contributed by atoms with Gasteiger partial charge in [0.05, 0.1) is 17.1 Å². The number of rotatable bonds is 3. The molecule has 17 heavy (non-hydrogen) atoms. The first-order valence-electron chi connectivity index (χ1n) is 5.16. The predicted molar refractivity (Wildman–Crippen MR) is 65.8 cm³/mol. The van der Waals surface area contributed by atoms with Crippen molar-refractivity contribution in [3.63, 3.8) is 0 Å². The van der Waals surface area contributed by atoms with Gasteiger partial charge in [-0.1, -0.05) is 11.6 Å². The van der Waals surface area contributed by atoms with Gasteiger partial charge in [0, 0.05) is 31.3 Å². The summed E-state index contributed by atoms with van der Waals surface area (Å²) in [6.07, 6.45) is 4.94. The minimum absolute atomic E-state index is 0.218. The van der Waals surface area contributed by atoms with Crippen molar-refractivity contribution in [2.75, 3.05) is 0 Å². The molecule has 0 spiro atoms. The number of aromatic nitrogens is 2. The summed E-state index contributed by atoms with van der Waals surface area (Å²) in [5.74, 6) is -0.218. The van der Waals surface area contributed by atoms with Crippen LogP contribution in [0, 0.1) is 0 Å². The Bertz CT molecular complexity index is 536. The highest BCUT2D eigenvalue weighted by Gasteiger charge is 2.10. The second-order valence-electron chi connectivity index (χ2n) is 3.65. The maximum atomic E-state index is 11.8. The van der Waals surface area contributed by atoms with Crippen LogP contribution < -0.4 is 5.32 Å². The summed E-state index contributed by atoms with van der Waals surface area (Å²) in [7, 11) is 1.93. The highest BCUT2D eigenvalue weighted by molar-refractivity contribution is 6.33. The van der Waals surface area contributed by atoms with Crippen LogP contribution in [0.4, 0.5) is 0 Å². The molecule has 5 heteroatoms. The van der Waals surface area contributed by atoms with Gasteiger partial charge in [-0.05, 0) is 18.2 Å². The number of hydrogen-bond donors (Lipinski definition) is 1. The Morgan fingerprint density at radius 1 is 1.53 bits per heavy atom. The van der Waals surface area contributed by atoms with Crippen LogP contribution in [0.2, 0.25) is 5.02 Å². The first kappa shape index (κ1) is 11.7. The molecule has 0 atom stereocenters. The van der Waals surface area contributed by atoms with Crippen molar-refractivity contribution in [1.82, 2.24) is 14.9 Å².